The number of carbonyl (C=O) groups excluding carboxylic acids is 1. The van der Waals surface area contributed by atoms with Crippen molar-refractivity contribution in [3.63, 3.8) is 0 Å². The van der Waals surface area contributed by atoms with Crippen molar-refractivity contribution in [1.29, 1.82) is 0 Å². The summed E-state index contributed by atoms with van der Waals surface area (Å²) in [4.78, 5) is 16.2. The maximum Gasteiger partial charge on any atom is 0.274 e. The molecule has 0 aliphatic carbocycles. The van der Waals surface area contributed by atoms with Gasteiger partial charge in [0.05, 0.1) is 4.90 Å². The van der Waals surface area contributed by atoms with E-state index in [9.17, 15) is 13.2 Å². The number of pyridine rings is 1. The van der Waals surface area contributed by atoms with Gasteiger partial charge in [0.1, 0.15) is 5.69 Å². The van der Waals surface area contributed by atoms with Crippen molar-refractivity contribution in [2.24, 2.45) is 0 Å². The van der Waals surface area contributed by atoms with Crippen molar-refractivity contribution in [3.05, 3.63) is 84.2 Å². The van der Waals surface area contributed by atoms with Crippen LogP contribution < -0.4 is 10.0 Å². The average molecular weight is 367 g/mol. The van der Waals surface area contributed by atoms with Gasteiger partial charge in [0.25, 0.3) is 15.9 Å². The lowest BCUT2D eigenvalue weighted by Crippen LogP contribution is -2.14. The van der Waals surface area contributed by atoms with E-state index in [4.69, 9.17) is 0 Å². The van der Waals surface area contributed by atoms with Gasteiger partial charge in [-0.25, -0.2) is 8.42 Å². The van der Waals surface area contributed by atoms with Crippen LogP contribution in [0.15, 0.2) is 77.8 Å². The van der Waals surface area contributed by atoms with Crippen LogP contribution in [0.3, 0.4) is 0 Å². The number of sulfonamides is 1. The molecule has 132 valence electrons. The standard InChI is InChI=1S/C19H17N3O3S/c1-14-5-11-17(12-6-14)26(24,25)22-16-9-7-15(8-10-16)21-19(23)18-4-2-3-13-20-18/h2-13,22H,1H3,(H,21,23). The molecule has 26 heavy (non-hydrogen) atoms. The highest BCUT2D eigenvalue weighted by Crippen LogP contribution is 2.19. The molecule has 3 rings (SSSR count). The molecule has 3 aromatic rings. The molecule has 0 saturated carbocycles. The number of carbonyl (C=O) groups is 1. The van der Waals surface area contributed by atoms with E-state index in [1.165, 1.54) is 6.20 Å². The van der Waals surface area contributed by atoms with Crippen molar-refractivity contribution >= 4 is 27.3 Å². The molecule has 2 N–H and O–H groups in total. The van der Waals surface area contributed by atoms with Crippen LogP contribution in [0.1, 0.15) is 16.1 Å². The van der Waals surface area contributed by atoms with Gasteiger partial charge in [0, 0.05) is 17.6 Å². The molecular formula is C19H17N3O3S. The number of aromatic nitrogens is 1. The summed E-state index contributed by atoms with van der Waals surface area (Å²) in [7, 11) is -3.66. The molecule has 7 heteroatoms. The number of hydrogen-bond acceptors (Lipinski definition) is 4. The van der Waals surface area contributed by atoms with Crippen LogP contribution in [0.5, 0.6) is 0 Å². The van der Waals surface area contributed by atoms with Gasteiger partial charge < -0.3 is 5.32 Å². The highest BCUT2D eigenvalue weighted by molar-refractivity contribution is 7.92. The van der Waals surface area contributed by atoms with E-state index in [2.05, 4.69) is 15.0 Å². The van der Waals surface area contributed by atoms with Gasteiger partial charge >= 0.3 is 0 Å². The van der Waals surface area contributed by atoms with E-state index >= 15 is 0 Å². The molecule has 0 radical (unpaired) electrons. The molecule has 1 aromatic heterocycles. The first-order valence-corrected chi connectivity index (χ1v) is 9.34. The molecule has 1 heterocycles. The Hall–Kier alpha value is -3.19. The first kappa shape index (κ1) is 17.6. The monoisotopic (exact) mass is 367 g/mol. The lowest BCUT2D eigenvalue weighted by Gasteiger charge is -2.10. The minimum Gasteiger partial charge on any atom is -0.321 e. The van der Waals surface area contributed by atoms with Crippen LogP contribution in [0.4, 0.5) is 11.4 Å². The highest BCUT2D eigenvalue weighted by Gasteiger charge is 2.14. The Kier molecular flexibility index (Phi) is 4.99. The Morgan fingerprint density at radius 1 is 0.885 bits per heavy atom. The summed E-state index contributed by atoms with van der Waals surface area (Å²) in [6, 6.07) is 18.1. The minimum absolute atomic E-state index is 0.190. The lowest BCUT2D eigenvalue weighted by atomic mass is 10.2. The first-order chi connectivity index (χ1) is 12.4. The van der Waals surface area contributed by atoms with Crippen molar-refractivity contribution in [2.75, 3.05) is 10.0 Å². The number of amides is 1. The van der Waals surface area contributed by atoms with Crippen molar-refractivity contribution < 1.29 is 13.2 Å². The molecule has 2 aromatic carbocycles. The van der Waals surface area contributed by atoms with Crippen LogP contribution in [-0.2, 0) is 10.0 Å². The summed E-state index contributed by atoms with van der Waals surface area (Å²) in [5.41, 5.74) is 2.23. The third kappa shape index (κ3) is 4.25. The van der Waals surface area contributed by atoms with Crippen LogP contribution in [-0.4, -0.2) is 19.3 Å². The number of anilines is 2. The number of benzene rings is 2. The predicted molar refractivity (Wildman–Crippen MR) is 101 cm³/mol. The molecule has 6 nitrogen and oxygen atoms in total. The van der Waals surface area contributed by atoms with Gasteiger partial charge in [0.2, 0.25) is 0 Å². The van der Waals surface area contributed by atoms with E-state index in [0.29, 0.717) is 17.1 Å². The van der Waals surface area contributed by atoms with E-state index in [1.807, 2.05) is 6.92 Å². The number of rotatable bonds is 5. The minimum atomic E-state index is -3.66. The number of aryl methyl sites for hydroxylation is 1. The Labute approximate surface area is 152 Å². The zero-order valence-corrected chi connectivity index (χ0v) is 14.8. The summed E-state index contributed by atoms with van der Waals surface area (Å²) in [5.74, 6) is -0.335. The van der Waals surface area contributed by atoms with Gasteiger partial charge in [-0.3, -0.25) is 14.5 Å². The largest absolute Gasteiger partial charge is 0.321 e. The van der Waals surface area contributed by atoms with E-state index in [-0.39, 0.29) is 10.8 Å². The van der Waals surface area contributed by atoms with Crippen molar-refractivity contribution in [1.82, 2.24) is 4.98 Å². The Balaban J connectivity index is 1.69. The fourth-order valence-corrected chi connectivity index (χ4v) is 3.30. The Bertz CT molecular complexity index is 1000. The number of hydrogen-bond donors (Lipinski definition) is 2. The van der Waals surface area contributed by atoms with Gasteiger partial charge in [-0.1, -0.05) is 23.8 Å². The zero-order chi connectivity index (χ0) is 18.6. The normalized spacial score (nSPS) is 11.0. The lowest BCUT2D eigenvalue weighted by molar-refractivity contribution is 0.102. The summed E-state index contributed by atoms with van der Waals surface area (Å²) in [6.07, 6.45) is 1.54. The summed E-state index contributed by atoms with van der Waals surface area (Å²) in [5, 5.41) is 2.71. The second-order valence-corrected chi connectivity index (χ2v) is 7.35. The second-order valence-electron chi connectivity index (χ2n) is 5.67. The molecule has 0 atom stereocenters. The van der Waals surface area contributed by atoms with Crippen LogP contribution in [0.2, 0.25) is 0 Å². The SMILES string of the molecule is Cc1ccc(S(=O)(=O)Nc2ccc(NC(=O)c3ccccn3)cc2)cc1. The topological polar surface area (TPSA) is 88.2 Å². The molecule has 0 bridgehead atoms. The molecule has 1 amide bonds. The zero-order valence-electron chi connectivity index (χ0n) is 14.0. The van der Waals surface area contributed by atoms with Crippen LogP contribution >= 0.6 is 0 Å². The highest BCUT2D eigenvalue weighted by atomic mass is 32.2. The molecular weight excluding hydrogens is 350 g/mol. The van der Waals surface area contributed by atoms with Crippen LogP contribution in [0, 0.1) is 6.92 Å². The fraction of sp³-hybridized carbons (Fsp3) is 0.0526. The van der Waals surface area contributed by atoms with Crippen molar-refractivity contribution in [3.8, 4) is 0 Å². The van der Waals surface area contributed by atoms with Gasteiger partial charge in [-0.05, 0) is 55.5 Å². The first-order valence-electron chi connectivity index (χ1n) is 7.86. The second kappa shape index (κ2) is 7.37. The van der Waals surface area contributed by atoms with E-state index in [0.717, 1.165) is 5.56 Å². The van der Waals surface area contributed by atoms with E-state index in [1.54, 1.807) is 66.7 Å². The molecule has 0 fully saturated rings. The van der Waals surface area contributed by atoms with Crippen molar-refractivity contribution in [2.45, 2.75) is 11.8 Å². The molecule has 0 aliphatic heterocycles. The number of nitrogens with zero attached hydrogens (tertiary/aromatic N) is 1. The van der Waals surface area contributed by atoms with Gasteiger partial charge in [-0.2, -0.15) is 0 Å². The molecule has 0 aliphatic rings. The number of nitrogens with one attached hydrogen (secondary N) is 2. The summed E-state index contributed by atoms with van der Waals surface area (Å²) < 4.78 is 27.3. The van der Waals surface area contributed by atoms with Crippen LogP contribution in [0.25, 0.3) is 0 Å². The molecule has 0 saturated heterocycles. The fourth-order valence-electron chi connectivity index (χ4n) is 2.25. The summed E-state index contributed by atoms with van der Waals surface area (Å²) in [6.45, 7) is 1.89. The quantitative estimate of drug-likeness (QED) is 0.723. The third-order valence-corrected chi connectivity index (χ3v) is 5.02. The Morgan fingerprint density at radius 2 is 1.54 bits per heavy atom. The molecule has 0 unspecified atom stereocenters. The Morgan fingerprint density at radius 3 is 2.15 bits per heavy atom. The maximum atomic E-state index is 12.4. The third-order valence-electron chi connectivity index (χ3n) is 3.62. The maximum absolute atomic E-state index is 12.4. The van der Waals surface area contributed by atoms with Gasteiger partial charge in [0.15, 0.2) is 0 Å². The van der Waals surface area contributed by atoms with Gasteiger partial charge in [-0.15, -0.1) is 0 Å². The smallest absolute Gasteiger partial charge is 0.274 e. The molecule has 0 spiro atoms. The average Bonchev–Trinajstić information content (AvgIpc) is 2.64. The van der Waals surface area contributed by atoms with E-state index < -0.39 is 10.0 Å². The summed E-state index contributed by atoms with van der Waals surface area (Å²) >= 11 is 0. The predicted octanol–water partition coefficient (Wildman–Crippen LogP) is 3.44.